The topological polar surface area (TPSA) is 92.9 Å². The molecule has 2 aromatic heterocycles. The van der Waals surface area contributed by atoms with E-state index in [1.807, 2.05) is 0 Å². The third kappa shape index (κ3) is 3.36. The number of aliphatic hydroxyl groups is 1. The van der Waals surface area contributed by atoms with Crippen molar-refractivity contribution in [2.24, 2.45) is 0 Å². The molecule has 1 amide bonds. The number of aromatic nitrogens is 4. The number of halogens is 1. The van der Waals surface area contributed by atoms with Gasteiger partial charge in [-0.25, -0.2) is 4.68 Å². The highest BCUT2D eigenvalue weighted by Gasteiger charge is 2.11. The van der Waals surface area contributed by atoms with E-state index in [2.05, 4.69) is 36.5 Å². The molecule has 2 N–H and O–H groups in total. The Kier molecular flexibility index (Phi) is 4.23. The van der Waals surface area contributed by atoms with E-state index in [4.69, 9.17) is 5.11 Å². The van der Waals surface area contributed by atoms with Gasteiger partial charge in [0, 0.05) is 12.2 Å². The Balaban J connectivity index is 2.12. The molecule has 0 aliphatic heterocycles. The summed E-state index contributed by atoms with van der Waals surface area (Å²) in [6.45, 7) is 1.57. The Hall–Kier alpha value is -1.80. The minimum absolute atomic E-state index is 0.126. The molecule has 2 rings (SSSR count). The minimum atomic E-state index is -0.373. The number of carbonyl (C=O) groups excluding carboxylic acids is 1. The predicted octanol–water partition coefficient (Wildman–Crippen LogP) is 0.535. The second kappa shape index (κ2) is 5.89. The van der Waals surface area contributed by atoms with Gasteiger partial charge in [0.05, 0.1) is 17.3 Å². The van der Waals surface area contributed by atoms with Gasteiger partial charge in [0.1, 0.15) is 0 Å². The summed E-state index contributed by atoms with van der Waals surface area (Å²) in [6, 6.07) is 2.87. The molecule has 0 radical (unpaired) electrons. The maximum Gasteiger partial charge on any atom is 0.272 e. The zero-order valence-corrected chi connectivity index (χ0v) is 11.7. The first kappa shape index (κ1) is 13.6. The van der Waals surface area contributed by atoms with Crippen LogP contribution in [-0.2, 0) is 0 Å². The maximum absolute atomic E-state index is 11.7. The van der Waals surface area contributed by atoms with Crippen LogP contribution >= 0.6 is 15.9 Å². The van der Waals surface area contributed by atoms with Crippen LogP contribution in [-0.4, -0.2) is 43.6 Å². The molecular weight excluding hydrogens is 314 g/mol. The summed E-state index contributed by atoms with van der Waals surface area (Å²) in [5.41, 5.74) is 0.190. The Morgan fingerprint density at radius 2 is 2.32 bits per heavy atom. The zero-order chi connectivity index (χ0) is 13.8. The second-order valence-electron chi connectivity index (χ2n) is 3.94. The van der Waals surface area contributed by atoms with Gasteiger partial charge in [-0.1, -0.05) is 0 Å². The van der Waals surface area contributed by atoms with Crippen molar-refractivity contribution in [2.45, 2.75) is 13.0 Å². The van der Waals surface area contributed by atoms with E-state index in [9.17, 15) is 4.79 Å². The molecule has 7 nitrogen and oxygen atoms in total. The molecule has 8 heteroatoms. The van der Waals surface area contributed by atoms with Gasteiger partial charge in [-0.2, -0.15) is 5.10 Å². The third-order valence-electron chi connectivity index (χ3n) is 2.32. The average molecular weight is 326 g/mol. The molecular formula is C11H12BrN5O2. The third-order valence-corrected chi connectivity index (χ3v) is 2.73. The smallest absolute Gasteiger partial charge is 0.272 e. The van der Waals surface area contributed by atoms with Gasteiger partial charge < -0.3 is 10.4 Å². The van der Waals surface area contributed by atoms with Crippen molar-refractivity contribution in [3.8, 4) is 5.82 Å². The van der Waals surface area contributed by atoms with Crippen molar-refractivity contribution < 1.29 is 9.90 Å². The summed E-state index contributed by atoms with van der Waals surface area (Å²) in [5, 5.41) is 23.3. The normalized spacial score (nSPS) is 12.2. The van der Waals surface area contributed by atoms with Gasteiger partial charge in [-0.05, 0) is 35.0 Å². The second-order valence-corrected chi connectivity index (χ2v) is 4.85. The fraction of sp³-hybridized carbons (Fsp3) is 0.273. The van der Waals surface area contributed by atoms with Crippen LogP contribution in [0, 0.1) is 0 Å². The first-order valence-electron chi connectivity index (χ1n) is 5.56. The Labute approximate surface area is 117 Å². The van der Waals surface area contributed by atoms with Crippen molar-refractivity contribution in [3.63, 3.8) is 0 Å². The van der Waals surface area contributed by atoms with E-state index in [0.717, 1.165) is 4.47 Å². The van der Waals surface area contributed by atoms with Crippen LogP contribution in [0.3, 0.4) is 0 Å². The van der Waals surface area contributed by atoms with Gasteiger partial charge >= 0.3 is 0 Å². The van der Waals surface area contributed by atoms with Crippen molar-refractivity contribution in [3.05, 3.63) is 34.7 Å². The SMILES string of the molecule is C[C@@H](CO)NC(=O)c1ccc(-n2cc(Br)cn2)nn1. The molecule has 0 spiro atoms. The molecule has 0 aliphatic carbocycles. The Morgan fingerprint density at radius 1 is 1.53 bits per heavy atom. The van der Waals surface area contributed by atoms with Gasteiger partial charge in [0.15, 0.2) is 11.5 Å². The molecule has 0 saturated carbocycles. The van der Waals surface area contributed by atoms with E-state index < -0.39 is 0 Å². The van der Waals surface area contributed by atoms with Crippen LogP contribution in [0.4, 0.5) is 0 Å². The standard InChI is InChI=1S/C11H12BrN5O2/c1-7(6-18)14-11(19)9-2-3-10(16-15-9)17-5-8(12)4-13-17/h2-5,7,18H,6H2,1H3,(H,14,19)/t7-/m0/s1. The van der Waals surface area contributed by atoms with Crippen molar-refractivity contribution in [1.82, 2.24) is 25.3 Å². The zero-order valence-electron chi connectivity index (χ0n) is 10.1. The Morgan fingerprint density at radius 3 is 2.84 bits per heavy atom. The van der Waals surface area contributed by atoms with Crippen LogP contribution in [0.2, 0.25) is 0 Å². The number of hydrogen-bond acceptors (Lipinski definition) is 5. The van der Waals surface area contributed by atoms with E-state index in [1.54, 1.807) is 31.5 Å². The number of amides is 1. The minimum Gasteiger partial charge on any atom is -0.394 e. The molecule has 2 heterocycles. The molecule has 0 saturated heterocycles. The van der Waals surface area contributed by atoms with Crippen LogP contribution in [0.25, 0.3) is 5.82 Å². The van der Waals surface area contributed by atoms with Crippen molar-refractivity contribution in [2.75, 3.05) is 6.61 Å². The van der Waals surface area contributed by atoms with Crippen LogP contribution in [0.5, 0.6) is 0 Å². The van der Waals surface area contributed by atoms with Gasteiger partial charge in [-0.15, -0.1) is 10.2 Å². The lowest BCUT2D eigenvalue weighted by molar-refractivity contribution is 0.0916. The highest BCUT2D eigenvalue weighted by Crippen LogP contribution is 2.10. The van der Waals surface area contributed by atoms with Crippen LogP contribution in [0.15, 0.2) is 29.0 Å². The number of aliphatic hydroxyl groups excluding tert-OH is 1. The molecule has 19 heavy (non-hydrogen) atoms. The summed E-state index contributed by atoms with van der Waals surface area (Å²) < 4.78 is 2.36. The van der Waals surface area contributed by atoms with E-state index >= 15 is 0 Å². The fourth-order valence-corrected chi connectivity index (χ4v) is 1.62. The molecule has 0 bridgehead atoms. The molecule has 0 aliphatic rings. The molecule has 1 atom stereocenters. The summed E-state index contributed by atoms with van der Waals surface area (Å²) in [5.74, 6) is 0.139. The van der Waals surface area contributed by atoms with E-state index in [1.165, 1.54) is 4.68 Å². The lowest BCUT2D eigenvalue weighted by atomic mass is 10.3. The number of nitrogens with one attached hydrogen (secondary N) is 1. The quantitative estimate of drug-likeness (QED) is 0.855. The summed E-state index contributed by atoms with van der Waals surface area (Å²) in [7, 11) is 0. The van der Waals surface area contributed by atoms with Crippen LogP contribution in [0.1, 0.15) is 17.4 Å². The predicted molar refractivity (Wildman–Crippen MR) is 70.9 cm³/mol. The summed E-state index contributed by atoms with van der Waals surface area (Å²) in [6.07, 6.45) is 3.36. The van der Waals surface area contributed by atoms with Crippen LogP contribution < -0.4 is 5.32 Å². The number of hydrogen-bond donors (Lipinski definition) is 2. The van der Waals surface area contributed by atoms with Gasteiger partial charge in [0.25, 0.3) is 5.91 Å². The first-order valence-corrected chi connectivity index (χ1v) is 6.35. The molecule has 0 unspecified atom stereocenters. The van der Waals surface area contributed by atoms with Gasteiger partial charge in [0.2, 0.25) is 0 Å². The maximum atomic E-state index is 11.7. The summed E-state index contributed by atoms with van der Waals surface area (Å²) in [4.78, 5) is 11.7. The number of rotatable bonds is 4. The monoisotopic (exact) mass is 325 g/mol. The average Bonchev–Trinajstić information content (AvgIpc) is 2.85. The van der Waals surface area contributed by atoms with E-state index in [0.29, 0.717) is 5.82 Å². The first-order chi connectivity index (χ1) is 9.10. The number of nitrogens with zero attached hydrogens (tertiary/aromatic N) is 4. The largest absolute Gasteiger partial charge is 0.394 e. The van der Waals surface area contributed by atoms with Crippen molar-refractivity contribution >= 4 is 21.8 Å². The summed E-state index contributed by atoms with van der Waals surface area (Å²) >= 11 is 3.28. The Bertz CT molecular complexity index is 569. The molecule has 0 aromatic carbocycles. The van der Waals surface area contributed by atoms with Crippen molar-refractivity contribution in [1.29, 1.82) is 0 Å². The molecule has 0 fully saturated rings. The highest BCUT2D eigenvalue weighted by atomic mass is 79.9. The fourth-order valence-electron chi connectivity index (χ4n) is 1.34. The lowest BCUT2D eigenvalue weighted by Gasteiger charge is -2.09. The highest BCUT2D eigenvalue weighted by molar-refractivity contribution is 9.10. The lowest BCUT2D eigenvalue weighted by Crippen LogP contribution is -2.35. The van der Waals surface area contributed by atoms with E-state index in [-0.39, 0.29) is 24.2 Å². The molecule has 100 valence electrons. The molecule has 2 aromatic rings. The number of carbonyl (C=O) groups is 1. The van der Waals surface area contributed by atoms with Gasteiger partial charge in [-0.3, -0.25) is 4.79 Å².